The predicted octanol–water partition coefficient (Wildman–Crippen LogP) is 2.07. The summed E-state index contributed by atoms with van der Waals surface area (Å²) in [6, 6.07) is 11.6. The largest absolute Gasteiger partial charge is 0.448 e. The molecule has 0 spiro atoms. The molecule has 3 rings (SSSR count). The standard InChI is InChI=1S/C13H10N2O2/c16-11-8-14-12(9-4-2-1-3-5-9)10-6-7-17-13(10)15-11/h1-7H,8H2,(H,15,16). The summed E-state index contributed by atoms with van der Waals surface area (Å²) >= 11 is 0. The second-order valence-corrected chi connectivity index (χ2v) is 3.74. The van der Waals surface area contributed by atoms with E-state index in [4.69, 9.17) is 4.42 Å². The molecule has 1 amide bonds. The molecule has 0 aliphatic carbocycles. The first-order valence-corrected chi connectivity index (χ1v) is 5.32. The zero-order valence-electron chi connectivity index (χ0n) is 9.01. The van der Waals surface area contributed by atoms with Crippen molar-refractivity contribution in [3.63, 3.8) is 0 Å². The number of fused-ring (bicyclic) bond motifs is 1. The Kier molecular flexibility index (Phi) is 2.26. The maximum absolute atomic E-state index is 11.4. The second-order valence-electron chi connectivity index (χ2n) is 3.74. The van der Waals surface area contributed by atoms with E-state index in [0.29, 0.717) is 5.88 Å². The van der Waals surface area contributed by atoms with Crippen LogP contribution in [0.3, 0.4) is 0 Å². The third-order valence-corrected chi connectivity index (χ3v) is 2.60. The molecule has 1 N–H and O–H groups in total. The summed E-state index contributed by atoms with van der Waals surface area (Å²) in [6.07, 6.45) is 1.55. The number of furan rings is 1. The fourth-order valence-corrected chi connectivity index (χ4v) is 1.84. The van der Waals surface area contributed by atoms with E-state index in [1.54, 1.807) is 6.26 Å². The topological polar surface area (TPSA) is 54.6 Å². The van der Waals surface area contributed by atoms with Crippen molar-refractivity contribution in [1.29, 1.82) is 0 Å². The number of carbonyl (C=O) groups excluding carboxylic acids is 1. The van der Waals surface area contributed by atoms with Gasteiger partial charge in [-0.05, 0) is 6.07 Å². The van der Waals surface area contributed by atoms with Crippen molar-refractivity contribution in [2.24, 2.45) is 4.99 Å². The molecular formula is C13H10N2O2. The Morgan fingerprint density at radius 2 is 2.00 bits per heavy atom. The van der Waals surface area contributed by atoms with E-state index in [1.165, 1.54) is 0 Å². The quantitative estimate of drug-likeness (QED) is 0.809. The molecule has 0 radical (unpaired) electrons. The molecule has 17 heavy (non-hydrogen) atoms. The zero-order valence-corrected chi connectivity index (χ0v) is 9.01. The maximum Gasteiger partial charge on any atom is 0.248 e. The number of nitrogens with zero attached hydrogens (tertiary/aromatic N) is 1. The van der Waals surface area contributed by atoms with Gasteiger partial charge in [0.15, 0.2) is 0 Å². The van der Waals surface area contributed by atoms with E-state index in [-0.39, 0.29) is 12.5 Å². The summed E-state index contributed by atoms with van der Waals surface area (Å²) < 4.78 is 5.25. The summed E-state index contributed by atoms with van der Waals surface area (Å²) in [6.45, 7) is 0.119. The summed E-state index contributed by atoms with van der Waals surface area (Å²) in [4.78, 5) is 15.8. The smallest absolute Gasteiger partial charge is 0.248 e. The van der Waals surface area contributed by atoms with Crippen LogP contribution in [0, 0.1) is 0 Å². The predicted molar refractivity (Wildman–Crippen MR) is 64.3 cm³/mol. The van der Waals surface area contributed by atoms with Gasteiger partial charge in [0.25, 0.3) is 0 Å². The average molecular weight is 226 g/mol. The molecule has 84 valence electrons. The lowest BCUT2D eigenvalue weighted by molar-refractivity contribution is -0.114. The van der Waals surface area contributed by atoms with E-state index in [9.17, 15) is 4.79 Å². The van der Waals surface area contributed by atoms with E-state index in [2.05, 4.69) is 10.3 Å². The van der Waals surface area contributed by atoms with Crippen LogP contribution < -0.4 is 5.32 Å². The number of carbonyl (C=O) groups is 1. The molecule has 0 saturated heterocycles. The van der Waals surface area contributed by atoms with Gasteiger partial charge >= 0.3 is 0 Å². The number of amides is 1. The molecule has 2 heterocycles. The van der Waals surface area contributed by atoms with Crippen LogP contribution in [0.2, 0.25) is 0 Å². The van der Waals surface area contributed by atoms with Crippen LogP contribution in [-0.4, -0.2) is 18.2 Å². The van der Waals surface area contributed by atoms with Crippen LogP contribution in [0.25, 0.3) is 0 Å². The Bertz CT molecular complexity index is 584. The lowest BCUT2D eigenvalue weighted by atomic mass is 10.0. The first-order chi connectivity index (χ1) is 8.34. The Morgan fingerprint density at radius 3 is 2.82 bits per heavy atom. The highest BCUT2D eigenvalue weighted by Gasteiger charge is 2.19. The molecule has 1 aliphatic rings. The molecule has 1 aromatic heterocycles. The number of aliphatic imine (C=N–C) groups is 1. The molecule has 0 bridgehead atoms. The van der Waals surface area contributed by atoms with Gasteiger partial charge in [-0.2, -0.15) is 0 Å². The number of hydrogen-bond acceptors (Lipinski definition) is 3. The highest BCUT2D eigenvalue weighted by atomic mass is 16.3. The van der Waals surface area contributed by atoms with E-state index in [1.807, 2.05) is 36.4 Å². The summed E-state index contributed by atoms with van der Waals surface area (Å²) in [5.74, 6) is 0.308. The van der Waals surface area contributed by atoms with Gasteiger partial charge in [0.05, 0.1) is 17.5 Å². The highest BCUT2D eigenvalue weighted by molar-refractivity contribution is 6.18. The van der Waals surface area contributed by atoms with Crippen molar-refractivity contribution in [2.75, 3.05) is 11.9 Å². The number of anilines is 1. The fourth-order valence-electron chi connectivity index (χ4n) is 1.84. The van der Waals surface area contributed by atoms with Gasteiger partial charge in [-0.15, -0.1) is 0 Å². The molecule has 1 aromatic carbocycles. The van der Waals surface area contributed by atoms with Crippen molar-refractivity contribution in [1.82, 2.24) is 0 Å². The van der Waals surface area contributed by atoms with Gasteiger partial charge in [0, 0.05) is 5.56 Å². The normalized spacial score (nSPS) is 14.6. The van der Waals surface area contributed by atoms with Crippen LogP contribution in [0.1, 0.15) is 11.1 Å². The van der Waals surface area contributed by atoms with Gasteiger partial charge in [-0.3, -0.25) is 15.1 Å². The molecule has 0 atom stereocenters. The van der Waals surface area contributed by atoms with Crippen molar-refractivity contribution in [3.05, 3.63) is 53.8 Å². The molecule has 2 aromatic rings. The molecule has 1 aliphatic heterocycles. The third-order valence-electron chi connectivity index (χ3n) is 2.60. The average Bonchev–Trinajstić information content (AvgIpc) is 2.73. The third kappa shape index (κ3) is 1.73. The van der Waals surface area contributed by atoms with Crippen molar-refractivity contribution in [3.8, 4) is 0 Å². The zero-order chi connectivity index (χ0) is 11.7. The minimum absolute atomic E-state index is 0.119. The van der Waals surface area contributed by atoms with Gasteiger partial charge in [0.1, 0.15) is 6.54 Å². The highest BCUT2D eigenvalue weighted by Crippen LogP contribution is 2.23. The van der Waals surface area contributed by atoms with Crippen LogP contribution in [0.15, 0.2) is 52.1 Å². The van der Waals surface area contributed by atoms with Gasteiger partial charge in [-0.1, -0.05) is 30.3 Å². The number of rotatable bonds is 1. The summed E-state index contributed by atoms with van der Waals surface area (Å²) in [5.41, 5.74) is 2.58. The molecule has 4 nitrogen and oxygen atoms in total. The summed E-state index contributed by atoms with van der Waals surface area (Å²) in [7, 11) is 0. The monoisotopic (exact) mass is 226 g/mol. The molecular weight excluding hydrogens is 216 g/mol. The lowest BCUT2D eigenvalue weighted by Gasteiger charge is -2.03. The van der Waals surface area contributed by atoms with Gasteiger partial charge < -0.3 is 4.42 Å². The lowest BCUT2D eigenvalue weighted by Crippen LogP contribution is -2.12. The van der Waals surface area contributed by atoms with Crippen molar-refractivity contribution < 1.29 is 9.21 Å². The Hall–Kier alpha value is -2.36. The van der Waals surface area contributed by atoms with Crippen LogP contribution in [0.4, 0.5) is 5.88 Å². The molecule has 0 fully saturated rings. The van der Waals surface area contributed by atoms with Crippen LogP contribution in [-0.2, 0) is 4.79 Å². The van der Waals surface area contributed by atoms with Crippen molar-refractivity contribution >= 4 is 17.5 Å². The Balaban J connectivity index is 2.14. The first kappa shape index (κ1) is 9.84. The van der Waals surface area contributed by atoms with E-state index >= 15 is 0 Å². The summed E-state index contributed by atoms with van der Waals surface area (Å²) in [5, 5.41) is 2.68. The van der Waals surface area contributed by atoms with Crippen molar-refractivity contribution in [2.45, 2.75) is 0 Å². The van der Waals surface area contributed by atoms with E-state index < -0.39 is 0 Å². The van der Waals surface area contributed by atoms with Gasteiger partial charge in [0.2, 0.25) is 11.8 Å². The maximum atomic E-state index is 11.4. The molecule has 4 heteroatoms. The SMILES string of the molecule is O=C1CN=C(c2ccccc2)c2ccoc2N1. The number of hydrogen-bond donors (Lipinski definition) is 1. The second kappa shape index (κ2) is 3.90. The molecule has 0 saturated carbocycles. The van der Waals surface area contributed by atoms with Crippen LogP contribution >= 0.6 is 0 Å². The van der Waals surface area contributed by atoms with Crippen LogP contribution in [0.5, 0.6) is 0 Å². The number of nitrogens with one attached hydrogen (secondary N) is 1. The fraction of sp³-hybridized carbons (Fsp3) is 0.0769. The Labute approximate surface area is 98.0 Å². The Morgan fingerprint density at radius 1 is 1.18 bits per heavy atom. The number of benzene rings is 1. The molecule has 0 unspecified atom stereocenters. The minimum Gasteiger partial charge on any atom is -0.448 e. The minimum atomic E-state index is -0.160. The first-order valence-electron chi connectivity index (χ1n) is 5.32. The van der Waals surface area contributed by atoms with Gasteiger partial charge in [-0.25, -0.2) is 0 Å². The van der Waals surface area contributed by atoms with E-state index in [0.717, 1.165) is 16.8 Å².